The van der Waals surface area contributed by atoms with Crippen LogP contribution >= 0.6 is 0 Å². The van der Waals surface area contributed by atoms with Crippen molar-refractivity contribution in [2.75, 3.05) is 4.90 Å². The summed E-state index contributed by atoms with van der Waals surface area (Å²) in [6.07, 6.45) is 0. The van der Waals surface area contributed by atoms with Gasteiger partial charge in [0.1, 0.15) is 0 Å². The molecule has 282 valence electrons. The fourth-order valence-corrected chi connectivity index (χ4v) is 8.95. The van der Waals surface area contributed by atoms with Crippen molar-refractivity contribution >= 4 is 49.6 Å². The molecule has 1 heterocycles. The Morgan fingerprint density at radius 1 is 0.250 bits per heavy atom. The SMILES string of the molecule is c1ccc(-c2ccc(N(c3ccc(-c4ccc(-c5ccccc5-n5c6ccccc6c6ccccc65)cc4)cc3)c3ccc(-c4ccccc4)c4ccccc34)cc2)cc1. The molecule has 2 nitrogen and oxygen atoms in total. The zero-order valence-electron chi connectivity index (χ0n) is 33.0. The summed E-state index contributed by atoms with van der Waals surface area (Å²) in [5, 5.41) is 4.96. The number of anilines is 3. The number of rotatable bonds is 8. The normalized spacial score (nSPS) is 11.3. The molecule has 0 unspecified atom stereocenters. The predicted octanol–water partition coefficient (Wildman–Crippen LogP) is 16.1. The zero-order valence-corrected chi connectivity index (χ0v) is 33.0. The third-order valence-corrected chi connectivity index (χ3v) is 11.8. The van der Waals surface area contributed by atoms with E-state index in [0.29, 0.717) is 0 Å². The Morgan fingerprint density at radius 3 is 1.23 bits per heavy atom. The number of hydrogen-bond donors (Lipinski definition) is 0. The van der Waals surface area contributed by atoms with Crippen LogP contribution in [0.3, 0.4) is 0 Å². The van der Waals surface area contributed by atoms with E-state index in [1.807, 2.05) is 0 Å². The van der Waals surface area contributed by atoms with Crippen LogP contribution in [-0.2, 0) is 0 Å². The molecular weight excluding hydrogens is 725 g/mol. The molecule has 0 fully saturated rings. The Balaban J connectivity index is 0.968. The van der Waals surface area contributed by atoms with E-state index in [1.165, 1.54) is 82.8 Å². The molecule has 0 bridgehead atoms. The quantitative estimate of drug-likeness (QED) is 0.150. The second-order valence-electron chi connectivity index (χ2n) is 15.3. The Kier molecular flexibility index (Phi) is 8.87. The lowest BCUT2D eigenvalue weighted by atomic mass is 9.96. The van der Waals surface area contributed by atoms with Crippen LogP contribution in [0.25, 0.3) is 82.8 Å². The van der Waals surface area contributed by atoms with E-state index < -0.39 is 0 Å². The highest BCUT2D eigenvalue weighted by Gasteiger charge is 2.19. The van der Waals surface area contributed by atoms with E-state index in [9.17, 15) is 0 Å². The van der Waals surface area contributed by atoms with Gasteiger partial charge in [-0.05, 0) is 92.9 Å². The second kappa shape index (κ2) is 15.1. The van der Waals surface area contributed by atoms with E-state index in [4.69, 9.17) is 0 Å². The summed E-state index contributed by atoms with van der Waals surface area (Å²) in [7, 11) is 0. The Morgan fingerprint density at radius 2 is 0.650 bits per heavy atom. The highest BCUT2D eigenvalue weighted by molar-refractivity contribution is 6.10. The summed E-state index contributed by atoms with van der Waals surface area (Å²) < 4.78 is 2.41. The molecule has 60 heavy (non-hydrogen) atoms. The maximum atomic E-state index is 2.41. The first-order valence-corrected chi connectivity index (χ1v) is 20.6. The largest absolute Gasteiger partial charge is 0.310 e. The van der Waals surface area contributed by atoms with Gasteiger partial charge in [-0.3, -0.25) is 0 Å². The van der Waals surface area contributed by atoms with Gasteiger partial charge in [0, 0.05) is 33.1 Å². The number of fused-ring (bicyclic) bond motifs is 4. The maximum Gasteiger partial charge on any atom is 0.0541 e. The van der Waals surface area contributed by atoms with E-state index in [-0.39, 0.29) is 0 Å². The lowest BCUT2D eigenvalue weighted by Crippen LogP contribution is -2.10. The molecule has 0 aliphatic carbocycles. The van der Waals surface area contributed by atoms with E-state index >= 15 is 0 Å². The van der Waals surface area contributed by atoms with Crippen LogP contribution in [0.4, 0.5) is 17.1 Å². The molecular formula is C58H40N2. The van der Waals surface area contributed by atoms with Crippen LogP contribution in [0, 0.1) is 0 Å². The van der Waals surface area contributed by atoms with E-state index in [0.717, 1.165) is 17.1 Å². The Labute approximate surface area is 350 Å². The minimum absolute atomic E-state index is 1.10. The Hall–Kier alpha value is -7.94. The molecule has 10 aromatic carbocycles. The highest BCUT2D eigenvalue weighted by atomic mass is 15.1. The third-order valence-electron chi connectivity index (χ3n) is 11.8. The minimum atomic E-state index is 1.10. The van der Waals surface area contributed by atoms with Crippen LogP contribution in [-0.4, -0.2) is 4.57 Å². The molecule has 11 aromatic rings. The highest BCUT2D eigenvalue weighted by Crippen LogP contribution is 2.43. The fraction of sp³-hybridized carbons (Fsp3) is 0. The lowest BCUT2D eigenvalue weighted by molar-refractivity contribution is 1.18. The van der Waals surface area contributed by atoms with Crippen molar-refractivity contribution in [3.8, 4) is 50.2 Å². The number of hydrogen-bond acceptors (Lipinski definition) is 1. The molecule has 11 rings (SSSR count). The van der Waals surface area contributed by atoms with Crippen LogP contribution < -0.4 is 4.90 Å². The van der Waals surface area contributed by atoms with Gasteiger partial charge in [-0.1, -0.05) is 194 Å². The van der Waals surface area contributed by atoms with Gasteiger partial charge in [0.25, 0.3) is 0 Å². The van der Waals surface area contributed by atoms with Crippen molar-refractivity contribution in [1.29, 1.82) is 0 Å². The van der Waals surface area contributed by atoms with Crippen LogP contribution in [0.2, 0.25) is 0 Å². The molecule has 0 spiro atoms. The van der Waals surface area contributed by atoms with Crippen LogP contribution in [0.15, 0.2) is 243 Å². The summed E-state index contributed by atoms with van der Waals surface area (Å²) in [6, 6.07) is 87.7. The molecule has 0 atom stereocenters. The number of aromatic nitrogens is 1. The van der Waals surface area contributed by atoms with Crippen molar-refractivity contribution in [1.82, 2.24) is 4.57 Å². The maximum absolute atomic E-state index is 2.41. The van der Waals surface area contributed by atoms with Gasteiger partial charge in [0.15, 0.2) is 0 Å². The smallest absolute Gasteiger partial charge is 0.0541 e. The van der Waals surface area contributed by atoms with Crippen molar-refractivity contribution in [3.05, 3.63) is 243 Å². The summed E-state index contributed by atoms with van der Waals surface area (Å²) in [6.45, 7) is 0. The minimum Gasteiger partial charge on any atom is -0.310 e. The average Bonchev–Trinajstić information content (AvgIpc) is 3.67. The summed E-state index contributed by atoms with van der Waals surface area (Å²) >= 11 is 0. The fourth-order valence-electron chi connectivity index (χ4n) is 8.95. The van der Waals surface area contributed by atoms with Crippen LogP contribution in [0.5, 0.6) is 0 Å². The number of benzene rings is 10. The van der Waals surface area contributed by atoms with Gasteiger partial charge in [-0.25, -0.2) is 0 Å². The predicted molar refractivity (Wildman–Crippen MR) is 255 cm³/mol. The molecule has 0 aliphatic heterocycles. The van der Waals surface area contributed by atoms with Crippen molar-refractivity contribution in [3.63, 3.8) is 0 Å². The van der Waals surface area contributed by atoms with Crippen LogP contribution in [0.1, 0.15) is 0 Å². The van der Waals surface area contributed by atoms with Gasteiger partial charge >= 0.3 is 0 Å². The van der Waals surface area contributed by atoms with Gasteiger partial charge in [-0.2, -0.15) is 0 Å². The standard InChI is InChI=1S/C58H40N2/c1-3-15-41(16-4-1)43-31-35-47(36-32-43)59(58-40-39-49(45-17-5-2-6-18-45)51-20-7-8-21-52(51)58)48-37-33-44(34-38-48)42-27-29-46(30-28-42)50-19-9-12-24-55(50)60-56-25-13-10-22-53(56)54-23-11-14-26-57(54)60/h1-40H. The molecule has 0 saturated heterocycles. The van der Waals surface area contributed by atoms with Gasteiger partial charge in [0.2, 0.25) is 0 Å². The van der Waals surface area contributed by atoms with Crippen molar-refractivity contribution < 1.29 is 0 Å². The van der Waals surface area contributed by atoms with Gasteiger partial charge in [0.05, 0.1) is 22.4 Å². The zero-order chi connectivity index (χ0) is 39.8. The van der Waals surface area contributed by atoms with Gasteiger partial charge in [-0.15, -0.1) is 0 Å². The molecule has 1 aromatic heterocycles. The summed E-state index contributed by atoms with van der Waals surface area (Å²) in [5.74, 6) is 0. The molecule has 0 saturated carbocycles. The summed E-state index contributed by atoms with van der Waals surface area (Å²) in [4.78, 5) is 2.39. The lowest BCUT2D eigenvalue weighted by Gasteiger charge is -2.28. The molecule has 0 N–H and O–H groups in total. The average molecular weight is 765 g/mol. The van der Waals surface area contributed by atoms with E-state index in [1.54, 1.807) is 0 Å². The number of nitrogens with zero attached hydrogens (tertiary/aromatic N) is 2. The second-order valence-corrected chi connectivity index (χ2v) is 15.3. The summed E-state index contributed by atoms with van der Waals surface area (Å²) in [5.41, 5.74) is 16.5. The molecule has 0 radical (unpaired) electrons. The van der Waals surface area contributed by atoms with E-state index in [2.05, 4.69) is 252 Å². The topological polar surface area (TPSA) is 8.17 Å². The first-order chi connectivity index (χ1) is 29.8. The van der Waals surface area contributed by atoms with Crippen molar-refractivity contribution in [2.24, 2.45) is 0 Å². The van der Waals surface area contributed by atoms with Gasteiger partial charge < -0.3 is 9.47 Å². The first kappa shape index (κ1) is 35.2. The Bertz CT molecular complexity index is 3220. The molecule has 0 amide bonds. The monoisotopic (exact) mass is 764 g/mol. The third kappa shape index (κ3) is 6.23. The van der Waals surface area contributed by atoms with Crippen molar-refractivity contribution in [2.45, 2.75) is 0 Å². The molecule has 2 heteroatoms. The number of para-hydroxylation sites is 3. The molecule has 0 aliphatic rings. The first-order valence-electron chi connectivity index (χ1n) is 20.6.